The summed E-state index contributed by atoms with van der Waals surface area (Å²) in [6.45, 7) is 7.80. The molecule has 0 bridgehead atoms. The third-order valence-electron chi connectivity index (χ3n) is 4.24. The number of hydrogen-bond acceptors (Lipinski definition) is 3. The topological polar surface area (TPSA) is 28.2 Å². The number of nitrogens with zero attached hydrogens (tertiary/aromatic N) is 2. The molecule has 0 spiro atoms. The number of aryl methyl sites for hydroxylation is 1. The highest BCUT2D eigenvalue weighted by atomic mass is 15.2. The lowest BCUT2D eigenvalue weighted by Gasteiger charge is -2.39. The third-order valence-corrected chi connectivity index (χ3v) is 4.24. The van der Waals surface area contributed by atoms with Crippen LogP contribution >= 0.6 is 0 Å². The number of nitrogens with one attached hydrogen (secondary N) is 1. The van der Waals surface area contributed by atoms with Crippen LogP contribution in [0.15, 0.2) is 18.5 Å². The summed E-state index contributed by atoms with van der Waals surface area (Å²) in [6, 6.07) is 3.60. The first kappa shape index (κ1) is 12.1. The van der Waals surface area contributed by atoms with Gasteiger partial charge in [-0.15, -0.1) is 0 Å². The van der Waals surface area contributed by atoms with Crippen LogP contribution < -0.4 is 5.32 Å². The second-order valence-corrected chi connectivity index (χ2v) is 6.00. The molecule has 2 aliphatic rings. The maximum atomic E-state index is 4.30. The van der Waals surface area contributed by atoms with Crippen molar-refractivity contribution in [1.29, 1.82) is 0 Å². The molecule has 0 aromatic carbocycles. The van der Waals surface area contributed by atoms with Crippen LogP contribution in [0.5, 0.6) is 0 Å². The molecular weight excluding hydrogens is 222 g/mol. The van der Waals surface area contributed by atoms with Gasteiger partial charge in [-0.1, -0.05) is 6.07 Å². The van der Waals surface area contributed by atoms with Gasteiger partial charge in [-0.25, -0.2) is 0 Å². The van der Waals surface area contributed by atoms with Crippen molar-refractivity contribution in [2.75, 3.05) is 13.1 Å². The minimum absolute atomic E-state index is 0.625. The van der Waals surface area contributed by atoms with Crippen LogP contribution in [0.1, 0.15) is 30.9 Å². The highest BCUT2D eigenvalue weighted by molar-refractivity contribution is 5.16. The lowest BCUT2D eigenvalue weighted by atomic mass is 10.1. The molecule has 2 unspecified atom stereocenters. The Morgan fingerprint density at radius 1 is 1.39 bits per heavy atom. The van der Waals surface area contributed by atoms with Crippen molar-refractivity contribution in [2.45, 2.75) is 45.3 Å². The van der Waals surface area contributed by atoms with Crippen molar-refractivity contribution in [3.8, 4) is 0 Å². The first-order valence-electron chi connectivity index (χ1n) is 7.10. The van der Waals surface area contributed by atoms with Crippen molar-refractivity contribution in [1.82, 2.24) is 15.2 Å². The third kappa shape index (κ3) is 2.73. The Morgan fingerprint density at radius 3 is 2.94 bits per heavy atom. The van der Waals surface area contributed by atoms with Gasteiger partial charge in [0.15, 0.2) is 0 Å². The minimum Gasteiger partial charge on any atom is -0.311 e. The first-order chi connectivity index (χ1) is 8.72. The van der Waals surface area contributed by atoms with Crippen LogP contribution in [0.4, 0.5) is 0 Å². The molecule has 3 nitrogen and oxygen atoms in total. The van der Waals surface area contributed by atoms with Crippen LogP contribution in [-0.2, 0) is 6.54 Å². The van der Waals surface area contributed by atoms with Crippen LogP contribution in [-0.4, -0.2) is 35.1 Å². The van der Waals surface area contributed by atoms with E-state index >= 15 is 0 Å². The zero-order chi connectivity index (χ0) is 12.5. The SMILES string of the molecule is Cc1cncc(CN2CC(C3CC3)NCC2C)c1. The molecule has 1 aromatic rings. The van der Waals surface area contributed by atoms with E-state index in [1.54, 1.807) is 0 Å². The molecule has 0 radical (unpaired) electrons. The van der Waals surface area contributed by atoms with Crippen LogP contribution in [0, 0.1) is 12.8 Å². The molecule has 1 aliphatic carbocycles. The van der Waals surface area contributed by atoms with Gasteiger partial charge >= 0.3 is 0 Å². The summed E-state index contributed by atoms with van der Waals surface area (Å²) in [7, 11) is 0. The average molecular weight is 245 g/mol. The molecule has 2 atom stereocenters. The molecule has 2 heterocycles. The number of rotatable bonds is 3. The normalized spacial score (nSPS) is 29.4. The Morgan fingerprint density at radius 2 is 2.22 bits per heavy atom. The fourth-order valence-electron chi connectivity index (χ4n) is 2.92. The van der Waals surface area contributed by atoms with Gasteiger partial charge in [0.25, 0.3) is 0 Å². The van der Waals surface area contributed by atoms with E-state index in [1.807, 2.05) is 12.4 Å². The Labute approximate surface area is 110 Å². The number of aromatic nitrogens is 1. The van der Waals surface area contributed by atoms with Crippen molar-refractivity contribution < 1.29 is 0 Å². The smallest absolute Gasteiger partial charge is 0.0313 e. The van der Waals surface area contributed by atoms with E-state index in [2.05, 4.69) is 35.1 Å². The van der Waals surface area contributed by atoms with Crippen molar-refractivity contribution >= 4 is 0 Å². The first-order valence-corrected chi connectivity index (χ1v) is 7.10. The zero-order valence-corrected chi connectivity index (χ0v) is 11.4. The molecule has 1 aromatic heterocycles. The molecule has 2 fully saturated rings. The molecule has 3 rings (SSSR count). The van der Waals surface area contributed by atoms with Crippen molar-refractivity contribution in [3.05, 3.63) is 29.6 Å². The van der Waals surface area contributed by atoms with Gasteiger partial charge in [0, 0.05) is 44.1 Å². The second-order valence-electron chi connectivity index (χ2n) is 6.00. The van der Waals surface area contributed by atoms with Gasteiger partial charge < -0.3 is 5.32 Å². The molecule has 1 N–H and O–H groups in total. The van der Waals surface area contributed by atoms with Gasteiger partial charge in [0.1, 0.15) is 0 Å². The summed E-state index contributed by atoms with van der Waals surface area (Å²) in [4.78, 5) is 6.91. The summed E-state index contributed by atoms with van der Waals surface area (Å²) in [5, 5.41) is 3.70. The maximum Gasteiger partial charge on any atom is 0.0313 e. The fraction of sp³-hybridized carbons (Fsp3) is 0.667. The van der Waals surface area contributed by atoms with Gasteiger partial charge in [-0.2, -0.15) is 0 Å². The van der Waals surface area contributed by atoms with E-state index < -0.39 is 0 Å². The summed E-state index contributed by atoms with van der Waals surface area (Å²) in [5.74, 6) is 0.940. The lowest BCUT2D eigenvalue weighted by molar-refractivity contribution is 0.125. The van der Waals surface area contributed by atoms with Crippen LogP contribution in [0.3, 0.4) is 0 Å². The van der Waals surface area contributed by atoms with E-state index in [0.717, 1.165) is 25.0 Å². The number of piperazine rings is 1. The number of pyridine rings is 1. The summed E-state index contributed by atoms with van der Waals surface area (Å²) < 4.78 is 0. The molecule has 3 heteroatoms. The van der Waals surface area contributed by atoms with E-state index in [1.165, 1.54) is 30.5 Å². The molecule has 98 valence electrons. The minimum atomic E-state index is 0.625. The van der Waals surface area contributed by atoms with Crippen molar-refractivity contribution in [2.24, 2.45) is 5.92 Å². The van der Waals surface area contributed by atoms with E-state index in [-0.39, 0.29) is 0 Å². The van der Waals surface area contributed by atoms with Crippen LogP contribution in [0.25, 0.3) is 0 Å². The molecule has 1 saturated heterocycles. The van der Waals surface area contributed by atoms with Gasteiger partial charge in [-0.3, -0.25) is 9.88 Å². The summed E-state index contributed by atoms with van der Waals surface area (Å²) >= 11 is 0. The van der Waals surface area contributed by atoms with Crippen LogP contribution in [0.2, 0.25) is 0 Å². The Balaban J connectivity index is 1.66. The second kappa shape index (κ2) is 4.98. The Kier molecular flexibility index (Phi) is 3.35. The predicted octanol–water partition coefficient (Wildman–Crippen LogP) is 1.96. The Hall–Kier alpha value is -0.930. The maximum absolute atomic E-state index is 4.30. The Bertz CT molecular complexity index is 414. The van der Waals surface area contributed by atoms with Gasteiger partial charge in [0.05, 0.1) is 0 Å². The quantitative estimate of drug-likeness (QED) is 0.882. The van der Waals surface area contributed by atoms with E-state index in [9.17, 15) is 0 Å². The summed E-state index contributed by atoms with van der Waals surface area (Å²) in [5.41, 5.74) is 2.60. The summed E-state index contributed by atoms with van der Waals surface area (Å²) in [6.07, 6.45) is 6.78. The van der Waals surface area contributed by atoms with Crippen molar-refractivity contribution in [3.63, 3.8) is 0 Å². The molecule has 1 saturated carbocycles. The largest absolute Gasteiger partial charge is 0.311 e. The highest BCUT2D eigenvalue weighted by Gasteiger charge is 2.35. The van der Waals surface area contributed by atoms with Gasteiger partial charge in [-0.05, 0) is 43.7 Å². The average Bonchev–Trinajstić information content (AvgIpc) is 3.16. The predicted molar refractivity (Wildman–Crippen MR) is 73.4 cm³/mol. The molecular formula is C15H23N3. The fourth-order valence-corrected chi connectivity index (χ4v) is 2.92. The molecule has 18 heavy (non-hydrogen) atoms. The van der Waals surface area contributed by atoms with E-state index in [0.29, 0.717) is 6.04 Å². The molecule has 0 amide bonds. The highest BCUT2D eigenvalue weighted by Crippen LogP contribution is 2.34. The molecule has 1 aliphatic heterocycles. The standard InChI is InChI=1S/C15H23N3/c1-11-5-13(8-16-6-11)9-18-10-15(14-3-4-14)17-7-12(18)2/h5-6,8,12,14-15,17H,3-4,7,9-10H2,1-2H3. The van der Waals surface area contributed by atoms with E-state index in [4.69, 9.17) is 0 Å². The monoisotopic (exact) mass is 245 g/mol. The number of hydrogen-bond donors (Lipinski definition) is 1. The lowest BCUT2D eigenvalue weighted by Crippen LogP contribution is -2.55. The van der Waals surface area contributed by atoms with Gasteiger partial charge in [0.2, 0.25) is 0 Å². The zero-order valence-electron chi connectivity index (χ0n) is 11.4.